The smallest absolute Gasteiger partial charge is 0.303 e. The Morgan fingerprint density at radius 3 is 1.94 bits per heavy atom. The monoisotopic (exact) mass is 242 g/mol. The van der Waals surface area contributed by atoms with Crippen LogP contribution >= 0.6 is 0 Å². The Morgan fingerprint density at radius 1 is 1.18 bits per heavy atom. The van der Waals surface area contributed by atoms with Crippen LogP contribution in [-0.2, 0) is 9.59 Å². The molecule has 0 aromatic carbocycles. The van der Waals surface area contributed by atoms with Gasteiger partial charge in [0.15, 0.2) is 0 Å². The lowest BCUT2D eigenvalue weighted by atomic mass is 10.3. The van der Waals surface area contributed by atoms with Gasteiger partial charge in [0.05, 0.1) is 19.4 Å². The molecule has 1 aliphatic rings. The summed E-state index contributed by atoms with van der Waals surface area (Å²) >= 11 is 0. The minimum Gasteiger partial charge on any atom is -0.481 e. The second-order valence-corrected chi connectivity index (χ2v) is 3.53. The summed E-state index contributed by atoms with van der Waals surface area (Å²) in [5, 5.41) is 20.0. The zero-order chi connectivity index (χ0) is 13.3. The minimum atomic E-state index is -1.08. The fourth-order valence-corrected chi connectivity index (χ4v) is 0.968. The number of hydrazine groups is 1. The Hall–Kier alpha value is -1.82. The van der Waals surface area contributed by atoms with E-state index in [-0.39, 0.29) is 12.8 Å². The van der Waals surface area contributed by atoms with Gasteiger partial charge >= 0.3 is 11.9 Å². The van der Waals surface area contributed by atoms with Crippen LogP contribution in [0.3, 0.4) is 0 Å². The molecule has 17 heavy (non-hydrogen) atoms. The van der Waals surface area contributed by atoms with E-state index in [0.29, 0.717) is 0 Å². The second-order valence-electron chi connectivity index (χ2n) is 3.53. The number of allylic oxidation sites excluding steroid dienone is 2. The first-order valence-corrected chi connectivity index (χ1v) is 5.14. The van der Waals surface area contributed by atoms with Crippen molar-refractivity contribution in [3.8, 4) is 0 Å². The molecule has 0 aromatic heterocycles. The first-order chi connectivity index (χ1) is 7.93. The van der Waals surface area contributed by atoms with Crippen molar-refractivity contribution in [1.82, 2.24) is 10.0 Å². The molecular formula is C11H18N2O4. The third-order valence-corrected chi connectivity index (χ3v) is 1.86. The van der Waals surface area contributed by atoms with Crippen LogP contribution in [0.4, 0.5) is 0 Å². The molecule has 0 spiro atoms. The van der Waals surface area contributed by atoms with E-state index < -0.39 is 11.9 Å². The normalized spacial score (nSPS) is 13.2. The van der Waals surface area contributed by atoms with Gasteiger partial charge in [-0.05, 0) is 6.08 Å². The van der Waals surface area contributed by atoms with E-state index in [1.165, 1.54) is 0 Å². The Morgan fingerprint density at radius 2 is 1.71 bits per heavy atom. The molecule has 0 saturated carbocycles. The van der Waals surface area contributed by atoms with Crippen molar-refractivity contribution < 1.29 is 19.8 Å². The summed E-state index contributed by atoms with van der Waals surface area (Å²) < 4.78 is 0. The van der Waals surface area contributed by atoms with E-state index >= 15 is 0 Å². The van der Waals surface area contributed by atoms with Gasteiger partial charge in [-0.2, -0.15) is 0 Å². The van der Waals surface area contributed by atoms with Crippen molar-refractivity contribution in [2.24, 2.45) is 0 Å². The third-order valence-electron chi connectivity index (χ3n) is 1.86. The van der Waals surface area contributed by atoms with Gasteiger partial charge in [-0.1, -0.05) is 12.2 Å². The highest BCUT2D eigenvalue weighted by Crippen LogP contribution is 1.98. The van der Waals surface area contributed by atoms with Crippen molar-refractivity contribution in [1.29, 1.82) is 0 Å². The van der Waals surface area contributed by atoms with Gasteiger partial charge in [-0.3, -0.25) is 9.59 Å². The fourth-order valence-electron chi connectivity index (χ4n) is 0.968. The molecule has 0 atom stereocenters. The molecule has 0 saturated heterocycles. The van der Waals surface area contributed by atoms with Crippen molar-refractivity contribution in [2.75, 3.05) is 20.6 Å². The molecule has 0 bridgehead atoms. The number of carboxylic acid groups (broad SMARTS) is 2. The lowest BCUT2D eigenvalue weighted by Crippen LogP contribution is -2.32. The van der Waals surface area contributed by atoms with Gasteiger partial charge in [0.1, 0.15) is 0 Å². The Balaban J connectivity index is 0.000000304. The van der Waals surface area contributed by atoms with Gasteiger partial charge in [-0.15, -0.1) is 0 Å². The molecule has 0 aliphatic carbocycles. The summed E-state index contributed by atoms with van der Waals surface area (Å²) in [6, 6.07) is 0. The van der Waals surface area contributed by atoms with E-state index in [1.807, 2.05) is 20.2 Å². The highest BCUT2D eigenvalue weighted by atomic mass is 16.4. The predicted octanol–water partition coefficient (Wildman–Crippen LogP) is 0.784. The molecule has 0 unspecified atom stereocenters. The van der Waals surface area contributed by atoms with Crippen molar-refractivity contribution in [3.63, 3.8) is 0 Å². The highest BCUT2D eigenvalue weighted by molar-refractivity contribution is 5.75. The lowest BCUT2D eigenvalue weighted by Gasteiger charge is -2.27. The topological polar surface area (TPSA) is 81.1 Å². The molecule has 96 valence electrons. The van der Waals surface area contributed by atoms with Crippen LogP contribution in [-0.4, -0.2) is 52.8 Å². The van der Waals surface area contributed by atoms with Crippen LogP contribution < -0.4 is 0 Å². The molecular weight excluding hydrogens is 224 g/mol. The van der Waals surface area contributed by atoms with Crippen LogP contribution in [0.25, 0.3) is 0 Å². The van der Waals surface area contributed by atoms with Crippen LogP contribution in [0.2, 0.25) is 0 Å². The molecule has 0 aromatic rings. The highest BCUT2D eigenvalue weighted by Gasteiger charge is 2.00. The zero-order valence-electron chi connectivity index (χ0n) is 10.0. The SMILES string of the molecule is CN(C)N1C=CC=CC1.O=C(O)CCC(=O)O. The molecule has 0 amide bonds. The van der Waals surface area contributed by atoms with E-state index in [2.05, 4.69) is 28.4 Å². The number of carbonyl (C=O) groups is 2. The van der Waals surface area contributed by atoms with Crippen LogP contribution in [0, 0.1) is 0 Å². The number of rotatable bonds is 4. The van der Waals surface area contributed by atoms with Crippen molar-refractivity contribution in [2.45, 2.75) is 12.8 Å². The maximum absolute atomic E-state index is 9.64. The molecule has 0 radical (unpaired) electrons. The summed E-state index contributed by atoms with van der Waals surface area (Å²) in [5.74, 6) is -2.15. The molecule has 1 aliphatic heterocycles. The van der Waals surface area contributed by atoms with Crippen LogP contribution in [0.15, 0.2) is 24.4 Å². The standard InChI is InChI=1S/C7H12N2.C4H6O4/c1-8(2)9-6-4-3-5-7-9;5-3(6)1-2-4(7)8/h3-6H,7H2,1-2H3;1-2H2,(H,5,6)(H,7,8). The second kappa shape index (κ2) is 8.35. The Bertz CT molecular complexity index is 297. The van der Waals surface area contributed by atoms with Gasteiger partial charge in [0, 0.05) is 20.3 Å². The summed E-state index contributed by atoms with van der Waals surface area (Å²) in [5.41, 5.74) is 0. The first-order valence-electron chi connectivity index (χ1n) is 5.14. The fraction of sp³-hybridized carbons (Fsp3) is 0.455. The average molecular weight is 242 g/mol. The Kier molecular flexibility index (Phi) is 7.45. The van der Waals surface area contributed by atoms with Gasteiger partial charge in [0.25, 0.3) is 0 Å². The summed E-state index contributed by atoms with van der Waals surface area (Å²) in [7, 11) is 4.06. The van der Waals surface area contributed by atoms with E-state index in [1.54, 1.807) is 0 Å². The van der Waals surface area contributed by atoms with Crippen molar-refractivity contribution in [3.05, 3.63) is 24.4 Å². The largest absolute Gasteiger partial charge is 0.481 e. The quantitative estimate of drug-likeness (QED) is 0.758. The molecule has 1 rings (SSSR count). The Labute approximate surface area is 100 Å². The van der Waals surface area contributed by atoms with Crippen LogP contribution in [0.1, 0.15) is 12.8 Å². The summed E-state index contributed by atoms with van der Waals surface area (Å²) in [4.78, 5) is 19.3. The third kappa shape index (κ3) is 9.13. The minimum absolute atomic E-state index is 0.296. The lowest BCUT2D eigenvalue weighted by molar-refractivity contribution is -0.143. The maximum Gasteiger partial charge on any atom is 0.303 e. The molecule has 1 heterocycles. The summed E-state index contributed by atoms with van der Waals surface area (Å²) in [6.45, 7) is 0.990. The van der Waals surface area contributed by atoms with Gasteiger partial charge in [-0.25, -0.2) is 5.01 Å². The number of hydrogen-bond donors (Lipinski definition) is 2. The number of nitrogens with zero attached hydrogens (tertiary/aromatic N) is 2. The van der Waals surface area contributed by atoms with Gasteiger partial charge in [0.2, 0.25) is 0 Å². The first kappa shape index (κ1) is 15.2. The zero-order valence-corrected chi connectivity index (χ0v) is 10.0. The maximum atomic E-state index is 9.64. The van der Waals surface area contributed by atoms with E-state index in [0.717, 1.165) is 6.54 Å². The number of aliphatic carboxylic acids is 2. The molecule has 2 N–H and O–H groups in total. The number of hydrogen-bond acceptors (Lipinski definition) is 4. The molecule has 6 heteroatoms. The molecule has 0 fully saturated rings. The predicted molar refractivity (Wildman–Crippen MR) is 63.2 cm³/mol. The summed E-state index contributed by atoms with van der Waals surface area (Å²) in [6.07, 6.45) is 7.67. The van der Waals surface area contributed by atoms with E-state index in [4.69, 9.17) is 10.2 Å². The van der Waals surface area contributed by atoms with Crippen molar-refractivity contribution >= 4 is 11.9 Å². The van der Waals surface area contributed by atoms with Gasteiger partial charge < -0.3 is 15.2 Å². The number of carboxylic acids is 2. The van der Waals surface area contributed by atoms with Crippen LogP contribution in [0.5, 0.6) is 0 Å². The molecule has 6 nitrogen and oxygen atoms in total. The average Bonchev–Trinajstić information content (AvgIpc) is 2.28. The van der Waals surface area contributed by atoms with E-state index in [9.17, 15) is 9.59 Å².